The summed E-state index contributed by atoms with van der Waals surface area (Å²) in [7, 11) is 0. The van der Waals surface area contributed by atoms with E-state index in [-0.39, 0.29) is 12.1 Å². The highest BCUT2D eigenvalue weighted by Crippen LogP contribution is 2.34. The summed E-state index contributed by atoms with van der Waals surface area (Å²) in [5.41, 5.74) is 2.49. The molecule has 0 aromatic heterocycles. The van der Waals surface area contributed by atoms with Crippen LogP contribution in [-0.2, 0) is 11.2 Å². The number of ether oxygens (including phenoxy) is 2. The normalized spacial score (nSPS) is 24.9. The zero-order valence-electron chi connectivity index (χ0n) is 19.2. The first-order chi connectivity index (χ1) is 15.7. The van der Waals surface area contributed by atoms with E-state index in [2.05, 4.69) is 0 Å². The van der Waals surface area contributed by atoms with Crippen molar-refractivity contribution in [1.29, 1.82) is 0 Å². The molecular formula is C24H35ClO9. The lowest BCUT2D eigenvalue weighted by atomic mass is 9.90. The molecule has 9 nitrogen and oxygen atoms in total. The van der Waals surface area contributed by atoms with Crippen molar-refractivity contribution in [3.8, 4) is 5.75 Å². The van der Waals surface area contributed by atoms with Crippen LogP contribution >= 0.6 is 11.6 Å². The molecule has 1 unspecified atom stereocenters. The first-order valence-electron chi connectivity index (χ1n) is 10.8. The molecule has 2 aromatic rings. The van der Waals surface area contributed by atoms with E-state index in [9.17, 15) is 20.4 Å². The summed E-state index contributed by atoms with van der Waals surface area (Å²) in [5.74, 6) is 0.799. The Hall–Kier alpha value is -1.79. The van der Waals surface area contributed by atoms with Gasteiger partial charge >= 0.3 is 0 Å². The SMILES string of the molecule is CC(O)CO.CCOc1ccc(Cc2cc([C@@H]3O[C@H](CO)[C@@H](O)[C@H](O)[C@H]3O)ccc2Cl)cc1.O. The van der Waals surface area contributed by atoms with Gasteiger partial charge in [-0.2, -0.15) is 0 Å². The van der Waals surface area contributed by atoms with Crippen LogP contribution in [0.4, 0.5) is 0 Å². The number of aliphatic hydroxyl groups excluding tert-OH is 6. The molecule has 0 saturated carbocycles. The van der Waals surface area contributed by atoms with Gasteiger partial charge in [0.05, 0.1) is 25.9 Å². The van der Waals surface area contributed by atoms with Gasteiger partial charge in [-0.1, -0.05) is 35.9 Å². The van der Waals surface area contributed by atoms with Gasteiger partial charge in [0.2, 0.25) is 0 Å². The minimum absolute atomic E-state index is 0. The number of hydrogen-bond acceptors (Lipinski definition) is 8. The van der Waals surface area contributed by atoms with E-state index in [0.717, 1.165) is 16.9 Å². The van der Waals surface area contributed by atoms with Gasteiger partial charge in [0, 0.05) is 5.02 Å². The van der Waals surface area contributed by atoms with Crippen LogP contribution in [0.3, 0.4) is 0 Å². The number of rotatable bonds is 7. The number of halogens is 1. The van der Waals surface area contributed by atoms with Crippen LogP contribution in [0.25, 0.3) is 0 Å². The molecule has 1 aliphatic rings. The van der Waals surface area contributed by atoms with E-state index in [0.29, 0.717) is 23.6 Å². The van der Waals surface area contributed by atoms with E-state index in [1.165, 1.54) is 6.92 Å². The monoisotopic (exact) mass is 502 g/mol. The molecule has 2 aromatic carbocycles. The minimum atomic E-state index is -1.42. The Labute approximate surface area is 204 Å². The summed E-state index contributed by atoms with van der Waals surface area (Å²) in [6.45, 7) is 3.46. The van der Waals surface area contributed by atoms with Crippen LogP contribution < -0.4 is 4.74 Å². The molecule has 10 heteroatoms. The maximum absolute atomic E-state index is 10.3. The zero-order valence-corrected chi connectivity index (χ0v) is 20.0. The third-order valence-electron chi connectivity index (χ3n) is 5.18. The average Bonchev–Trinajstić information content (AvgIpc) is 2.81. The van der Waals surface area contributed by atoms with Crippen molar-refractivity contribution < 1.29 is 45.6 Å². The van der Waals surface area contributed by atoms with Gasteiger partial charge in [0.15, 0.2) is 0 Å². The van der Waals surface area contributed by atoms with Gasteiger partial charge in [-0.3, -0.25) is 0 Å². The molecule has 6 atom stereocenters. The van der Waals surface area contributed by atoms with Gasteiger partial charge in [0.1, 0.15) is 36.3 Å². The topological polar surface area (TPSA) is 171 Å². The van der Waals surface area contributed by atoms with Crippen LogP contribution in [0.1, 0.15) is 36.6 Å². The molecule has 192 valence electrons. The molecular weight excluding hydrogens is 468 g/mol. The van der Waals surface area contributed by atoms with Crippen molar-refractivity contribution in [2.75, 3.05) is 19.8 Å². The predicted molar refractivity (Wildman–Crippen MR) is 127 cm³/mol. The number of aliphatic hydroxyl groups is 6. The van der Waals surface area contributed by atoms with E-state index in [1.54, 1.807) is 12.1 Å². The molecule has 34 heavy (non-hydrogen) atoms. The van der Waals surface area contributed by atoms with E-state index in [1.807, 2.05) is 37.3 Å². The summed E-state index contributed by atoms with van der Waals surface area (Å²) in [6.07, 6.45) is -5.95. The minimum Gasteiger partial charge on any atom is -0.494 e. The van der Waals surface area contributed by atoms with Gasteiger partial charge in [-0.25, -0.2) is 0 Å². The Morgan fingerprint density at radius 2 is 1.62 bits per heavy atom. The largest absolute Gasteiger partial charge is 0.494 e. The lowest BCUT2D eigenvalue weighted by Gasteiger charge is -2.40. The summed E-state index contributed by atoms with van der Waals surface area (Å²) < 4.78 is 11.1. The molecule has 0 bridgehead atoms. The number of benzene rings is 2. The average molecular weight is 503 g/mol. The van der Waals surface area contributed by atoms with E-state index in [4.69, 9.17) is 31.3 Å². The van der Waals surface area contributed by atoms with E-state index < -0.39 is 43.2 Å². The summed E-state index contributed by atoms with van der Waals surface area (Å²) in [6, 6.07) is 12.9. The van der Waals surface area contributed by atoms with Crippen LogP contribution in [0.2, 0.25) is 5.02 Å². The fraction of sp³-hybridized carbons (Fsp3) is 0.500. The van der Waals surface area contributed by atoms with Crippen molar-refractivity contribution in [3.05, 3.63) is 64.2 Å². The maximum atomic E-state index is 10.3. The summed E-state index contributed by atoms with van der Waals surface area (Å²) in [4.78, 5) is 0. The summed E-state index contributed by atoms with van der Waals surface area (Å²) in [5, 5.41) is 56.3. The smallest absolute Gasteiger partial charge is 0.119 e. The standard InChI is InChI=1S/C21H25ClO6.C3H8O2.H2O/c1-2-27-15-6-3-12(4-7-15)9-14-10-13(5-8-16(14)22)21-20(26)19(25)18(24)17(11-23)28-21;1-3(5)2-4;/h3-8,10,17-21,23-26H,2,9,11H2,1H3;3-5H,2H2,1H3;1H2/t17-,18-,19+,20-,21+;;/m1../s1. The zero-order chi connectivity index (χ0) is 24.5. The third-order valence-corrected chi connectivity index (χ3v) is 5.55. The Bertz CT molecular complexity index is 845. The molecule has 0 spiro atoms. The summed E-state index contributed by atoms with van der Waals surface area (Å²) >= 11 is 6.35. The molecule has 1 aliphatic heterocycles. The van der Waals surface area contributed by atoms with Gasteiger partial charge in [-0.05, 0) is 55.2 Å². The van der Waals surface area contributed by atoms with Crippen molar-refractivity contribution in [3.63, 3.8) is 0 Å². The first kappa shape index (κ1) is 30.2. The van der Waals surface area contributed by atoms with Crippen LogP contribution in [0, 0.1) is 0 Å². The second kappa shape index (κ2) is 14.6. The third kappa shape index (κ3) is 8.16. The molecule has 8 N–H and O–H groups in total. The second-order valence-corrected chi connectivity index (χ2v) is 8.29. The van der Waals surface area contributed by atoms with Gasteiger partial charge < -0.3 is 45.6 Å². The van der Waals surface area contributed by atoms with Crippen molar-refractivity contribution in [2.45, 2.75) is 56.9 Å². The van der Waals surface area contributed by atoms with Gasteiger partial charge in [0.25, 0.3) is 0 Å². The molecule has 3 rings (SSSR count). The Kier molecular flexibility index (Phi) is 13.0. The second-order valence-electron chi connectivity index (χ2n) is 7.89. The molecule has 1 saturated heterocycles. The quantitative estimate of drug-likeness (QED) is 0.315. The van der Waals surface area contributed by atoms with Crippen molar-refractivity contribution >= 4 is 11.6 Å². The number of hydrogen-bond donors (Lipinski definition) is 6. The highest BCUT2D eigenvalue weighted by Gasteiger charge is 2.44. The van der Waals surface area contributed by atoms with Crippen LogP contribution in [-0.4, -0.2) is 86.5 Å². The molecule has 0 amide bonds. The van der Waals surface area contributed by atoms with E-state index >= 15 is 0 Å². The highest BCUT2D eigenvalue weighted by molar-refractivity contribution is 6.31. The fourth-order valence-electron chi connectivity index (χ4n) is 3.37. The highest BCUT2D eigenvalue weighted by atomic mass is 35.5. The maximum Gasteiger partial charge on any atom is 0.119 e. The lowest BCUT2D eigenvalue weighted by Crippen LogP contribution is -2.55. The Balaban J connectivity index is 0.000000873. The van der Waals surface area contributed by atoms with Gasteiger partial charge in [-0.15, -0.1) is 0 Å². The fourth-order valence-corrected chi connectivity index (χ4v) is 3.56. The van der Waals surface area contributed by atoms with Crippen molar-refractivity contribution in [1.82, 2.24) is 0 Å². The van der Waals surface area contributed by atoms with Crippen LogP contribution in [0.15, 0.2) is 42.5 Å². The Morgan fingerprint density at radius 3 is 2.15 bits per heavy atom. The first-order valence-corrected chi connectivity index (χ1v) is 11.2. The molecule has 0 radical (unpaired) electrons. The van der Waals surface area contributed by atoms with Crippen molar-refractivity contribution in [2.24, 2.45) is 0 Å². The molecule has 0 aliphatic carbocycles. The lowest BCUT2D eigenvalue weighted by molar-refractivity contribution is -0.231. The predicted octanol–water partition coefficient (Wildman–Crippen LogP) is 0.379. The molecule has 1 fully saturated rings. The molecule has 1 heterocycles. The van der Waals surface area contributed by atoms with Crippen LogP contribution in [0.5, 0.6) is 5.75 Å². The Morgan fingerprint density at radius 1 is 1.00 bits per heavy atom.